The third-order valence-corrected chi connectivity index (χ3v) is 6.34. The van der Waals surface area contributed by atoms with Crippen LogP contribution in [0.3, 0.4) is 0 Å². The summed E-state index contributed by atoms with van der Waals surface area (Å²) in [6, 6.07) is 2.78. The van der Waals surface area contributed by atoms with Crippen LogP contribution in [0.25, 0.3) is 0 Å². The average molecular weight is 438 g/mol. The van der Waals surface area contributed by atoms with E-state index in [0.29, 0.717) is 13.1 Å². The average Bonchev–Trinajstić information content (AvgIpc) is 2.64. The molecular formula is C19H30F3N3O3S. The molecule has 166 valence electrons. The van der Waals surface area contributed by atoms with E-state index in [2.05, 4.69) is 10.2 Å². The Morgan fingerprint density at radius 2 is 1.62 bits per heavy atom. The summed E-state index contributed by atoms with van der Waals surface area (Å²) in [7, 11) is -3.82. The predicted octanol–water partition coefficient (Wildman–Crippen LogP) is 3.24. The molecule has 0 atom stereocenters. The van der Waals surface area contributed by atoms with E-state index < -0.39 is 21.6 Å². The van der Waals surface area contributed by atoms with Crippen molar-refractivity contribution in [1.29, 1.82) is 0 Å². The highest BCUT2D eigenvalue weighted by molar-refractivity contribution is 7.91. The number of rotatable bonds is 10. The third-order valence-electron chi connectivity index (χ3n) is 4.62. The lowest BCUT2D eigenvalue weighted by Crippen LogP contribution is -2.47. The monoisotopic (exact) mass is 437 g/mol. The molecule has 0 aliphatic carbocycles. The molecule has 0 bridgehead atoms. The number of hydrogen-bond donors (Lipinski definition) is 1. The molecule has 29 heavy (non-hydrogen) atoms. The first-order valence-electron chi connectivity index (χ1n) is 9.59. The van der Waals surface area contributed by atoms with Crippen molar-refractivity contribution in [1.82, 2.24) is 15.1 Å². The number of urea groups is 1. The number of carbonyl (C=O) groups is 1. The number of amides is 2. The Morgan fingerprint density at radius 1 is 1.07 bits per heavy atom. The minimum atomic E-state index is -4.53. The molecule has 0 aromatic heterocycles. The smallest absolute Gasteiger partial charge is 0.337 e. The molecule has 1 aromatic carbocycles. The van der Waals surface area contributed by atoms with Gasteiger partial charge in [-0.25, -0.2) is 13.2 Å². The van der Waals surface area contributed by atoms with Gasteiger partial charge in [0.15, 0.2) is 9.84 Å². The van der Waals surface area contributed by atoms with Crippen LogP contribution in [0.4, 0.5) is 18.0 Å². The van der Waals surface area contributed by atoms with Crippen molar-refractivity contribution in [2.45, 2.75) is 44.8 Å². The molecule has 0 fully saturated rings. The SMILES string of the molecule is CCN(CC)CCNC(=O)N(CCS(=O)(=O)c1ccc(C(F)(F)F)cc1)C(C)C. The van der Waals surface area contributed by atoms with Crippen molar-refractivity contribution in [3.63, 3.8) is 0 Å². The molecule has 1 N–H and O–H groups in total. The van der Waals surface area contributed by atoms with Crippen LogP contribution in [0, 0.1) is 0 Å². The van der Waals surface area contributed by atoms with E-state index in [1.54, 1.807) is 13.8 Å². The second-order valence-corrected chi connectivity index (χ2v) is 9.00. The Balaban J connectivity index is 2.73. The van der Waals surface area contributed by atoms with Crippen LogP contribution in [-0.4, -0.2) is 68.8 Å². The maximum atomic E-state index is 12.6. The molecule has 2 amide bonds. The van der Waals surface area contributed by atoms with Crippen LogP contribution < -0.4 is 5.32 Å². The Bertz CT molecular complexity index is 746. The molecule has 0 saturated heterocycles. The number of likely N-dealkylation sites (N-methyl/N-ethyl adjacent to an activating group) is 1. The molecular weight excluding hydrogens is 407 g/mol. The number of halogens is 3. The molecule has 1 aromatic rings. The van der Waals surface area contributed by atoms with Crippen LogP contribution in [0.5, 0.6) is 0 Å². The molecule has 1 rings (SSSR count). The maximum Gasteiger partial charge on any atom is 0.416 e. The molecule has 0 unspecified atom stereocenters. The van der Waals surface area contributed by atoms with Crippen LogP contribution >= 0.6 is 0 Å². The minimum Gasteiger partial charge on any atom is -0.337 e. The van der Waals surface area contributed by atoms with Gasteiger partial charge in [0.2, 0.25) is 0 Å². The zero-order valence-corrected chi connectivity index (χ0v) is 18.1. The van der Waals surface area contributed by atoms with Gasteiger partial charge in [-0.05, 0) is 51.2 Å². The first kappa shape index (κ1) is 25.2. The topological polar surface area (TPSA) is 69.7 Å². The second-order valence-electron chi connectivity index (χ2n) is 6.89. The molecule has 0 heterocycles. The zero-order chi connectivity index (χ0) is 22.2. The normalized spacial score (nSPS) is 12.4. The Hall–Kier alpha value is -1.81. The lowest BCUT2D eigenvalue weighted by Gasteiger charge is -2.27. The van der Waals surface area contributed by atoms with Gasteiger partial charge in [-0.15, -0.1) is 0 Å². The second kappa shape index (κ2) is 10.8. The Kier molecular flexibility index (Phi) is 9.41. The zero-order valence-electron chi connectivity index (χ0n) is 17.3. The van der Waals surface area contributed by atoms with Crippen LogP contribution in [0.2, 0.25) is 0 Å². The predicted molar refractivity (Wildman–Crippen MR) is 107 cm³/mol. The lowest BCUT2D eigenvalue weighted by atomic mass is 10.2. The molecule has 0 radical (unpaired) electrons. The van der Waals surface area contributed by atoms with Gasteiger partial charge in [0.05, 0.1) is 16.2 Å². The number of nitrogens with one attached hydrogen (secondary N) is 1. The molecule has 0 aliphatic heterocycles. The number of nitrogens with zero attached hydrogens (tertiary/aromatic N) is 2. The summed E-state index contributed by atoms with van der Waals surface area (Å²) in [5.74, 6) is -0.375. The standard InChI is InChI=1S/C19H30F3N3O3S/c1-5-24(6-2)12-11-23-18(26)25(15(3)4)13-14-29(27,28)17-9-7-16(8-10-17)19(20,21)22/h7-10,15H,5-6,11-14H2,1-4H3,(H,23,26). The van der Waals surface area contributed by atoms with Crippen molar-refractivity contribution >= 4 is 15.9 Å². The summed E-state index contributed by atoms with van der Waals surface area (Å²) < 4.78 is 62.9. The largest absolute Gasteiger partial charge is 0.416 e. The van der Waals surface area contributed by atoms with Crippen molar-refractivity contribution in [3.05, 3.63) is 29.8 Å². The molecule has 10 heteroatoms. The summed E-state index contributed by atoms with van der Waals surface area (Å²) in [5, 5.41) is 2.79. The highest BCUT2D eigenvalue weighted by Crippen LogP contribution is 2.29. The van der Waals surface area contributed by atoms with Gasteiger partial charge in [0, 0.05) is 25.7 Å². The van der Waals surface area contributed by atoms with Gasteiger partial charge in [0.1, 0.15) is 0 Å². The van der Waals surface area contributed by atoms with Gasteiger partial charge < -0.3 is 15.1 Å². The van der Waals surface area contributed by atoms with E-state index in [0.717, 1.165) is 37.4 Å². The summed E-state index contributed by atoms with van der Waals surface area (Å²) in [5.41, 5.74) is -0.909. The quantitative estimate of drug-likeness (QED) is 0.610. The van der Waals surface area contributed by atoms with Gasteiger partial charge in [0.25, 0.3) is 0 Å². The highest BCUT2D eigenvalue weighted by atomic mass is 32.2. The first-order valence-corrected chi connectivity index (χ1v) is 11.2. The molecule has 0 aliphatic rings. The Labute approximate surface area is 171 Å². The van der Waals surface area contributed by atoms with Crippen LogP contribution in [0.15, 0.2) is 29.2 Å². The van der Waals surface area contributed by atoms with E-state index in [1.165, 1.54) is 4.90 Å². The van der Waals surface area contributed by atoms with E-state index in [9.17, 15) is 26.4 Å². The summed E-state index contributed by atoms with van der Waals surface area (Å²) in [6.45, 7) is 10.4. The van der Waals surface area contributed by atoms with Crippen LogP contribution in [-0.2, 0) is 16.0 Å². The number of hydrogen-bond acceptors (Lipinski definition) is 4. The number of benzene rings is 1. The summed E-state index contributed by atoms with van der Waals surface area (Å²) >= 11 is 0. The van der Waals surface area contributed by atoms with E-state index in [1.807, 2.05) is 13.8 Å². The van der Waals surface area contributed by atoms with Crippen molar-refractivity contribution < 1.29 is 26.4 Å². The van der Waals surface area contributed by atoms with Gasteiger partial charge >= 0.3 is 12.2 Å². The summed E-state index contributed by atoms with van der Waals surface area (Å²) in [6.07, 6.45) is -4.53. The fourth-order valence-electron chi connectivity index (χ4n) is 2.74. The lowest BCUT2D eigenvalue weighted by molar-refractivity contribution is -0.137. The minimum absolute atomic E-state index is 0.0574. The Morgan fingerprint density at radius 3 is 2.07 bits per heavy atom. The first-order chi connectivity index (χ1) is 13.4. The fraction of sp³-hybridized carbons (Fsp3) is 0.632. The molecule has 0 spiro atoms. The third kappa shape index (κ3) is 7.85. The van der Waals surface area contributed by atoms with E-state index in [-0.39, 0.29) is 29.3 Å². The number of alkyl halides is 3. The van der Waals surface area contributed by atoms with Crippen molar-refractivity contribution in [2.24, 2.45) is 0 Å². The fourth-order valence-corrected chi connectivity index (χ4v) is 3.97. The summed E-state index contributed by atoms with van der Waals surface area (Å²) in [4.78, 5) is 15.8. The molecule has 6 nitrogen and oxygen atoms in total. The van der Waals surface area contributed by atoms with Gasteiger partial charge in [-0.2, -0.15) is 13.2 Å². The van der Waals surface area contributed by atoms with E-state index in [4.69, 9.17) is 0 Å². The number of sulfone groups is 1. The number of carbonyl (C=O) groups excluding carboxylic acids is 1. The van der Waals surface area contributed by atoms with Crippen molar-refractivity contribution in [3.8, 4) is 0 Å². The maximum absolute atomic E-state index is 12.6. The van der Waals surface area contributed by atoms with E-state index >= 15 is 0 Å². The van der Waals surface area contributed by atoms with Crippen molar-refractivity contribution in [2.75, 3.05) is 38.5 Å². The van der Waals surface area contributed by atoms with Crippen LogP contribution in [0.1, 0.15) is 33.3 Å². The van der Waals surface area contributed by atoms with Gasteiger partial charge in [-0.1, -0.05) is 13.8 Å². The molecule has 0 saturated carbocycles. The highest BCUT2D eigenvalue weighted by Gasteiger charge is 2.30. The van der Waals surface area contributed by atoms with Gasteiger partial charge in [-0.3, -0.25) is 0 Å².